The van der Waals surface area contributed by atoms with Crippen LogP contribution in [0.2, 0.25) is 0 Å². The number of hydrogen-bond donors (Lipinski definition) is 1. The molecule has 1 aliphatic rings. The van der Waals surface area contributed by atoms with Crippen molar-refractivity contribution in [1.29, 1.82) is 0 Å². The Morgan fingerprint density at radius 3 is 3.14 bits per heavy atom. The molecule has 0 aliphatic carbocycles. The molecule has 0 unspecified atom stereocenters. The lowest BCUT2D eigenvalue weighted by Crippen LogP contribution is -2.51. The van der Waals surface area contributed by atoms with Gasteiger partial charge >= 0.3 is 0 Å². The van der Waals surface area contributed by atoms with E-state index in [9.17, 15) is 4.79 Å². The van der Waals surface area contributed by atoms with Crippen LogP contribution in [0, 0.1) is 5.92 Å². The zero-order valence-electron chi connectivity index (χ0n) is 12.7. The van der Waals surface area contributed by atoms with E-state index in [0.717, 1.165) is 19.4 Å². The standard InChI is InChI=1S/C15H21N5OS/c1-11-4-2-6-20(14(11)8-16)15(21)13-10-19(18-17-13)9-12-5-3-7-22-12/h3,5,7,10-11,14H,2,4,6,8-9,16H2,1H3/t11-,14-/m1/s1. The van der Waals surface area contributed by atoms with Crippen LogP contribution in [0.25, 0.3) is 0 Å². The minimum absolute atomic E-state index is 0.0561. The third-order valence-electron chi connectivity index (χ3n) is 4.27. The van der Waals surface area contributed by atoms with Gasteiger partial charge in [-0.3, -0.25) is 4.79 Å². The second kappa shape index (κ2) is 6.58. The van der Waals surface area contributed by atoms with Crippen molar-refractivity contribution >= 4 is 17.2 Å². The van der Waals surface area contributed by atoms with Gasteiger partial charge in [0, 0.05) is 24.0 Å². The number of thiophene rings is 1. The molecule has 0 spiro atoms. The summed E-state index contributed by atoms with van der Waals surface area (Å²) in [4.78, 5) is 15.7. The predicted octanol–water partition coefficient (Wildman–Crippen LogP) is 1.59. The molecule has 7 heteroatoms. The highest BCUT2D eigenvalue weighted by atomic mass is 32.1. The number of nitrogens with two attached hydrogens (primary N) is 1. The summed E-state index contributed by atoms with van der Waals surface area (Å²) in [6.07, 6.45) is 3.87. The van der Waals surface area contributed by atoms with E-state index in [1.54, 1.807) is 22.2 Å². The molecule has 22 heavy (non-hydrogen) atoms. The number of carbonyl (C=O) groups excluding carboxylic acids is 1. The minimum Gasteiger partial charge on any atom is -0.333 e. The molecule has 0 saturated carbocycles. The number of likely N-dealkylation sites (tertiary alicyclic amines) is 1. The van der Waals surface area contributed by atoms with Crippen LogP contribution in [0.3, 0.4) is 0 Å². The summed E-state index contributed by atoms with van der Waals surface area (Å²) < 4.78 is 1.71. The Kier molecular flexibility index (Phi) is 4.54. The molecule has 2 aromatic heterocycles. The van der Waals surface area contributed by atoms with Crippen molar-refractivity contribution in [3.63, 3.8) is 0 Å². The van der Waals surface area contributed by atoms with Gasteiger partial charge < -0.3 is 10.6 Å². The van der Waals surface area contributed by atoms with Crippen LogP contribution in [-0.2, 0) is 6.54 Å². The average Bonchev–Trinajstić information content (AvgIpc) is 3.18. The summed E-state index contributed by atoms with van der Waals surface area (Å²) in [6.45, 7) is 4.05. The first kappa shape index (κ1) is 15.2. The van der Waals surface area contributed by atoms with Crippen molar-refractivity contribution in [1.82, 2.24) is 19.9 Å². The van der Waals surface area contributed by atoms with E-state index in [0.29, 0.717) is 24.7 Å². The number of hydrogen-bond acceptors (Lipinski definition) is 5. The number of rotatable bonds is 4. The van der Waals surface area contributed by atoms with Crippen molar-refractivity contribution < 1.29 is 4.79 Å². The molecule has 6 nitrogen and oxygen atoms in total. The lowest BCUT2D eigenvalue weighted by atomic mass is 9.90. The van der Waals surface area contributed by atoms with Gasteiger partial charge in [-0.05, 0) is 30.2 Å². The molecule has 1 amide bonds. The zero-order valence-corrected chi connectivity index (χ0v) is 13.5. The first-order valence-electron chi connectivity index (χ1n) is 7.62. The molecule has 3 rings (SSSR count). The van der Waals surface area contributed by atoms with E-state index >= 15 is 0 Å². The van der Waals surface area contributed by atoms with Crippen LogP contribution >= 0.6 is 11.3 Å². The van der Waals surface area contributed by atoms with Gasteiger partial charge in [0.2, 0.25) is 0 Å². The van der Waals surface area contributed by atoms with Crippen LogP contribution in [-0.4, -0.2) is 44.9 Å². The molecule has 0 aromatic carbocycles. The fourth-order valence-electron chi connectivity index (χ4n) is 3.04. The Labute approximate surface area is 133 Å². The molecule has 3 heterocycles. The largest absolute Gasteiger partial charge is 0.333 e. The van der Waals surface area contributed by atoms with E-state index in [-0.39, 0.29) is 11.9 Å². The van der Waals surface area contributed by atoms with Gasteiger partial charge in [0.05, 0.1) is 12.7 Å². The highest BCUT2D eigenvalue weighted by Gasteiger charge is 2.32. The number of nitrogens with zero attached hydrogens (tertiary/aromatic N) is 4. The van der Waals surface area contributed by atoms with Crippen molar-refractivity contribution in [3.05, 3.63) is 34.3 Å². The van der Waals surface area contributed by atoms with Crippen LogP contribution < -0.4 is 5.73 Å². The van der Waals surface area contributed by atoms with Gasteiger partial charge in [-0.15, -0.1) is 16.4 Å². The first-order chi connectivity index (χ1) is 10.7. The Balaban J connectivity index is 1.73. The van der Waals surface area contributed by atoms with Crippen LogP contribution in [0.15, 0.2) is 23.7 Å². The van der Waals surface area contributed by atoms with E-state index in [2.05, 4.69) is 17.2 Å². The third kappa shape index (κ3) is 3.05. The van der Waals surface area contributed by atoms with Gasteiger partial charge in [0.25, 0.3) is 5.91 Å². The molecule has 1 aliphatic heterocycles. The monoisotopic (exact) mass is 319 g/mol. The van der Waals surface area contributed by atoms with E-state index < -0.39 is 0 Å². The zero-order chi connectivity index (χ0) is 15.5. The minimum atomic E-state index is -0.0561. The first-order valence-corrected chi connectivity index (χ1v) is 8.50. The molecule has 1 saturated heterocycles. The van der Waals surface area contributed by atoms with E-state index in [1.807, 2.05) is 22.4 Å². The second-order valence-corrected chi connectivity index (χ2v) is 6.83. The Hall–Kier alpha value is -1.73. The number of carbonyl (C=O) groups is 1. The lowest BCUT2D eigenvalue weighted by Gasteiger charge is -2.39. The highest BCUT2D eigenvalue weighted by Crippen LogP contribution is 2.24. The molecule has 118 valence electrons. The molecule has 0 radical (unpaired) electrons. The van der Waals surface area contributed by atoms with Crippen molar-refractivity contribution in [2.45, 2.75) is 32.4 Å². The Bertz CT molecular complexity index is 624. The molecular weight excluding hydrogens is 298 g/mol. The maximum absolute atomic E-state index is 12.7. The second-order valence-electron chi connectivity index (χ2n) is 5.80. The SMILES string of the molecule is C[C@@H]1CCCN(C(=O)c2cn(Cc3cccs3)nn2)[C@@H]1CN. The summed E-state index contributed by atoms with van der Waals surface area (Å²) in [5.74, 6) is 0.378. The predicted molar refractivity (Wildman–Crippen MR) is 85.7 cm³/mol. The van der Waals surface area contributed by atoms with Crippen molar-refractivity contribution in [2.75, 3.05) is 13.1 Å². The maximum atomic E-state index is 12.7. The van der Waals surface area contributed by atoms with Gasteiger partial charge in [0.1, 0.15) is 0 Å². The number of piperidine rings is 1. The Morgan fingerprint density at radius 2 is 2.41 bits per heavy atom. The molecule has 2 aromatic rings. The van der Waals surface area contributed by atoms with Gasteiger partial charge in [-0.1, -0.05) is 18.2 Å². The van der Waals surface area contributed by atoms with Crippen LogP contribution in [0.5, 0.6) is 0 Å². The van der Waals surface area contributed by atoms with Gasteiger partial charge in [-0.25, -0.2) is 4.68 Å². The Morgan fingerprint density at radius 1 is 1.55 bits per heavy atom. The third-order valence-corrected chi connectivity index (χ3v) is 5.13. The number of amides is 1. The topological polar surface area (TPSA) is 77.0 Å². The van der Waals surface area contributed by atoms with Gasteiger partial charge in [-0.2, -0.15) is 0 Å². The van der Waals surface area contributed by atoms with Crippen molar-refractivity contribution in [3.8, 4) is 0 Å². The fraction of sp³-hybridized carbons (Fsp3) is 0.533. The van der Waals surface area contributed by atoms with Crippen LogP contribution in [0.4, 0.5) is 0 Å². The van der Waals surface area contributed by atoms with E-state index in [4.69, 9.17) is 5.73 Å². The normalized spacial score (nSPS) is 22.0. The van der Waals surface area contributed by atoms with E-state index in [1.165, 1.54) is 4.88 Å². The summed E-state index contributed by atoms with van der Waals surface area (Å²) in [5, 5.41) is 10.1. The molecular formula is C15H21N5OS. The van der Waals surface area contributed by atoms with Crippen LogP contribution in [0.1, 0.15) is 35.1 Å². The van der Waals surface area contributed by atoms with Gasteiger partial charge in [0.15, 0.2) is 5.69 Å². The quantitative estimate of drug-likeness (QED) is 0.928. The average molecular weight is 319 g/mol. The maximum Gasteiger partial charge on any atom is 0.276 e. The summed E-state index contributed by atoms with van der Waals surface area (Å²) in [5.41, 5.74) is 6.27. The molecule has 1 fully saturated rings. The highest BCUT2D eigenvalue weighted by molar-refractivity contribution is 7.09. The smallest absolute Gasteiger partial charge is 0.276 e. The fourth-order valence-corrected chi connectivity index (χ4v) is 3.74. The number of aromatic nitrogens is 3. The molecule has 0 bridgehead atoms. The lowest BCUT2D eigenvalue weighted by molar-refractivity contribution is 0.0526. The molecule has 2 atom stereocenters. The summed E-state index contributed by atoms with van der Waals surface area (Å²) in [6, 6.07) is 4.15. The summed E-state index contributed by atoms with van der Waals surface area (Å²) >= 11 is 1.67. The van der Waals surface area contributed by atoms with Crippen molar-refractivity contribution in [2.24, 2.45) is 11.7 Å². The summed E-state index contributed by atoms with van der Waals surface area (Å²) in [7, 11) is 0. The molecule has 2 N–H and O–H groups in total.